The smallest absolute Gasteiger partial charge is 0.278 e. The zero-order valence-corrected chi connectivity index (χ0v) is 7.32. The zero-order chi connectivity index (χ0) is 10.3. The second-order valence-corrected chi connectivity index (χ2v) is 4.38. The quantitative estimate of drug-likeness (QED) is 0.359. The van der Waals surface area contributed by atoms with Crippen LogP contribution >= 0.6 is 0 Å². The highest BCUT2D eigenvalue weighted by Crippen LogP contribution is 1.93. The molecule has 0 saturated carbocycles. The van der Waals surface area contributed by atoms with Gasteiger partial charge in [0, 0.05) is 0 Å². The standard InChI is InChI=1S/CH2N4O6S2/c6-12(7,8)1-2-4-5(3-1)13(9,10)11/h(H2,6,7,8,9,10,11)/p+1. The van der Waals surface area contributed by atoms with E-state index in [1.54, 1.807) is 0 Å². The van der Waals surface area contributed by atoms with Crippen molar-refractivity contribution in [2.45, 2.75) is 5.16 Å². The molecule has 0 spiro atoms. The summed E-state index contributed by atoms with van der Waals surface area (Å²) in [5.41, 5.74) is 0. The van der Waals surface area contributed by atoms with E-state index >= 15 is 0 Å². The lowest BCUT2D eigenvalue weighted by Gasteiger charge is -1.81. The first-order valence-corrected chi connectivity index (χ1v) is 5.35. The predicted octanol–water partition coefficient (Wildman–Crippen LogP) is -3.01. The number of nitrogens with zero attached hydrogens (tertiary/aromatic N) is 3. The van der Waals surface area contributed by atoms with Crippen molar-refractivity contribution in [3.05, 3.63) is 0 Å². The summed E-state index contributed by atoms with van der Waals surface area (Å²) in [6, 6.07) is 0. The molecule has 74 valence electrons. The number of hydrogen-bond acceptors (Lipinski definition) is 6. The van der Waals surface area contributed by atoms with Crippen LogP contribution in [0.3, 0.4) is 0 Å². The summed E-state index contributed by atoms with van der Waals surface area (Å²) in [6.07, 6.45) is 0. The van der Waals surface area contributed by atoms with Crippen molar-refractivity contribution in [2.75, 3.05) is 0 Å². The summed E-state index contributed by atoms with van der Waals surface area (Å²) in [5.74, 6) is 0. The number of tetrazole rings is 1. The van der Waals surface area contributed by atoms with E-state index in [1.165, 1.54) is 5.10 Å². The van der Waals surface area contributed by atoms with Crippen molar-refractivity contribution >= 4 is 20.4 Å². The number of H-pyrrole nitrogens is 1. The molecule has 0 atom stereocenters. The molecular formula is CH3N4O6S2+. The lowest BCUT2D eigenvalue weighted by Crippen LogP contribution is -2.47. The van der Waals surface area contributed by atoms with Crippen LogP contribution in [0.2, 0.25) is 0 Å². The van der Waals surface area contributed by atoms with Gasteiger partial charge < -0.3 is 0 Å². The van der Waals surface area contributed by atoms with Crippen molar-refractivity contribution in [3.8, 4) is 0 Å². The van der Waals surface area contributed by atoms with Gasteiger partial charge in [-0.2, -0.15) is 16.8 Å². The van der Waals surface area contributed by atoms with Gasteiger partial charge in [0.1, 0.15) is 5.10 Å². The van der Waals surface area contributed by atoms with Gasteiger partial charge in [0.15, 0.2) is 5.21 Å². The SMILES string of the molecule is O=S(=O)(O)c1nn[n+](S(=O)(=O)O)[nH]1. The van der Waals surface area contributed by atoms with Crippen molar-refractivity contribution in [2.24, 2.45) is 0 Å². The number of nitrogens with one attached hydrogen (secondary N) is 1. The van der Waals surface area contributed by atoms with Crippen molar-refractivity contribution in [1.29, 1.82) is 0 Å². The van der Waals surface area contributed by atoms with E-state index in [2.05, 4.69) is 10.3 Å². The summed E-state index contributed by atoms with van der Waals surface area (Å²) < 4.78 is 57.6. The van der Waals surface area contributed by atoms with Gasteiger partial charge in [-0.25, -0.2) is 4.55 Å². The molecule has 10 nitrogen and oxygen atoms in total. The van der Waals surface area contributed by atoms with Crippen LogP contribution in [0.25, 0.3) is 0 Å². The molecule has 1 aromatic rings. The van der Waals surface area contributed by atoms with Gasteiger partial charge in [0.05, 0.1) is 4.20 Å². The Morgan fingerprint density at radius 1 is 1.23 bits per heavy atom. The van der Waals surface area contributed by atoms with Crippen LogP contribution in [-0.4, -0.2) is 41.4 Å². The maximum Gasteiger partial charge on any atom is 0.478 e. The van der Waals surface area contributed by atoms with Gasteiger partial charge >= 0.3 is 25.6 Å². The minimum absolute atomic E-state index is 0.226. The Balaban J connectivity index is 3.32. The third kappa shape index (κ3) is 2.18. The van der Waals surface area contributed by atoms with E-state index in [4.69, 9.17) is 9.11 Å². The Bertz CT molecular complexity index is 462. The molecule has 0 saturated heterocycles. The molecule has 0 amide bonds. The predicted molar refractivity (Wildman–Crippen MR) is 33.3 cm³/mol. The molecule has 0 unspecified atom stereocenters. The Hall–Kier alpha value is -1.11. The summed E-state index contributed by atoms with van der Waals surface area (Å²) in [4.78, 5) is 0. The van der Waals surface area contributed by atoms with E-state index < -0.39 is 25.6 Å². The van der Waals surface area contributed by atoms with Crippen molar-refractivity contribution in [1.82, 2.24) is 15.4 Å². The molecule has 0 fully saturated rings. The zero-order valence-electron chi connectivity index (χ0n) is 5.69. The Morgan fingerprint density at radius 2 is 1.77 bits per heavy atom. The Morgan fingerprint density at radius 3 is 2.00 bits per heavy atom. The summed E-state index contributed by atoms with van der Waals surface area (Å²) >= 11 is 0. The fourth-order valence-electron chi connectivity index (χ4n) is 0.421. The first kappa shape index (κ1) is 9.97. The van der Waals surface area contributed by atoms with Gasteiger partial charge in [0.25, 0.3) is 0 Å². The maximum atomic E-state index is 10.3. The maximum absolute atomic E-state index is 10.3. The van der Waals surface area contributed by atoms with Crippen molar-refractivity contribution in [3.63, 3.8) is 0 Å². The van der Waals surface area contributed by atoms with Crippen molar-refractivity contribution < 1.29 is 30.1 Å². The molecular weight excluding hydrogens is 228 g/mol. The van der Waals surface area contributed by atoms with E-state index in [0.717, 1.165) is 0 Å². The number of aromatic nitrogens is 4. The molecule has 0 radical (unpaired) electrons. The van der Waals surface area contributed by atoms with Crippen LogP contribution in [0.5, 0.6) is 0 Å². The Kier molecular flexibility index (Phi) is 2.07. The normalized spacial score (nSPS) is 13.1. The fraction of sp³-hybridized carbons (Fsp3) is 0. The third-order valence-electron chi connectivity index (χ3n) is 0.871. The molecule has 0 aliphatic heterocycles. The Labute approximate surface area is 71.8 Å². The molecule has 0 aliphatic rings. The van der Waals surface area contributed by atoms with E-state index in [0.29, 0.717) is 0 Å². The van der Waals surface area contributed by atoms with Crippen LogP contribution in [0.15, 0.2) is 5.16 Å². The lowest BCUT2D eigenvalue weighted by molar-refractivity contribution is -0.648. The molecule has 12 heteroatoms. The molecule has 1 rings (SSSR count). The molecule has 0 aliphatic carbocycles. The molecule has 0 aromatic carbocycles. The highest BCUT2D eigenvalue weighted by Gasteiger charge is 2.29. The summed E-state index contributed by atoms with van der Waals surface area (Å²) in [5, 5.41) is 5.84. The first-order chi connectivity index (χ1) is 5.71. The highest BCUT2D eigenvalue weighted by atomic mass is 32.2. The topological polar surface area (TPSA) is 154 Å². The highest BCUT2D eigenvalue weighted by molar-refractivity contribution is 7.85. The molecule has 13 heavy (non-hydrogen) atoms. The first-order valence-electron chi connectivity index (χ1n) is 2.52. The van der Waals surface area contributed by atoms with Crippen LogP contribution in [-0.2, 0) is 20.4 Å². The minimum Gasteiger partial charge on any atom is -0.278 e. The largest absolute Gasteiger partial charge is 0.478 e. The van der Waals surface area contributed by atoms with E-state index in [9.17, 15) is 16.8 Å². The second-order valence-electron chi connectivity index (χ2n) is 1.80. The van der Waals surface area contributed by atoms with E-state index in [-0.39, 0.29) is 4.20 Å². The van der Waals surface area contributed by atoms with Crippen LogP contribution in [0.1, 0.15) is 0 Å². The average molecular weight is 231 g/mol. The molecule has 0 bridgehead atoms. The average Bonchev–Trinajstić information content (AvgIpc) is 2.28. The van der Waals surface area contributed by atoms with Crippen LogP contribution < -0.4 is 4.20 Å². The molecule has 3 N–H and O–H groups in total. The van der Waals surface area contributed by atoms with Gasteiger partial charge in [-0.3, -0.25) is 4.55 Å². The van der Waals surface area contributed by atoms with Crippen LogP contribution in [0.4, 0.5) is 0 Å². The van der Waals surface area contributed by atoms with Crippen LogP contribution in [0, 0.1) is 0 Å². The number of hydrogen-bond donors (Lipinski definition) is 3. The number of aromatic amines is 1. The van der Waals surface area contributed by atoms with Gasteiger partial charge in [-0.1, -0.05) is 0 Å². The fourth-order valence-corrected chi connectivity index (χ4v) is 1.15. The summed E-state index contributed by atoms with van der Waals surface area (Å²) in [6.45, 7) is 0. The third-order valence-corrected chi connectivity index (χ3v) is 2.13. The molecule has 1 aromatic heterocycles. The van der Waals surface area contributed by atoms with E-state index in [1.807, 2.05) is 0 Å². The lowest BCUT2D eigenvalue weighted by atomic mass is 11.4. The van der Waals surface area contributed by atoms with Gasteiger partial charge in [-0.05, 0) is 0 Å². The monoisotopic (exact) mass is 231 g/mol. The number of rotatable bonds is 2. The van der Waals surface area contributed by atoms with Gasteiger partial charge in [-0.15, -0.1) is 5.10 Å². The molecule has 1 heterocycles. The minimum atomic E-state index is -4.73. The second kappa shape index (κ2) is 2.69. The summed E-state index contributed by atoms with van der Waals surface area (Å²) in [7, 11) is -9.40. The van der Waals surface area contributed by atoms with Gasteiger partial charge in [0.2, 0.25) is 0 Å².